The molecule has 0 spiro atoms. The molecule has 2 aliphatic rings. The fourth-order valence-corrected chi connectivity index (χ4v) is 4.01. The first-order valence-electron chi connectivity index (χ1n) is 9.84. The van der Waals surface area contributed by atoms with Gasteiger partial charge in [-0.1, -0.05) is 0 Å². The van der Waals surface area contributed by atoms with E-state index in [1.165, 1.54) is 29.1 Å². The van der Waals surface area contributed by atoms with Crippen molar-refractivity contribution >= 4 is 17.3 Å². The SMILES string of the molecule is CCn1ncc2c1C(COCC1CC1)N(Cc1nccs1)CC2.O=C(O)C(F)(F)F. The maximum atomic E-state index is 10.6. The van der Waals surface area contributed by atoms with Crippen molar-refractivity contribution in [1.82, 2.24) is 19.7 Å². The maximum absolute atomic E-state index is 10.6. The Bertz CT molecular complexity index is 808. The largest absolute Gasteiger partial charge is 0.490 e. The van der Waals surface area contributed by atoms with Gasteiger partial charge in [-0.3, -0.25) is 9.58 Å². The van der Waals surface area contributed by atoms with Crippen molar-refractivity contribution in [2.45, 2.75) is 51.5 Å². The molecule has 1 unspecified atom stereocenters. The highest BCUT2D eigenvalue weighted by molar-refractivity contribution is 7.09. The van der Waals surface area contributed by atoms with E-state index in [0.717, 1.165) is 45.2 Å². The monoisotopic (exact) mass is 446 g/mol. The van der Waals surface area contributed by atoms with Gasteiger partial charge in [0.15, 0.2) is 0 Å². The van der Waals surface area contributed by atoms with Gasteiger partial charge in [-0.15, -0.1) is 11.3 Å². The van der Waals surface area contributed by atoms with Gasteiger partial charge >= 0.3 is 12.1 Å². The highest BCUT2D eigenvalue weighted by Crippen LogP contribution is 2.33. The van der Waals surface area contributed by atoms with E-state index in [1.807, 2.05) is 12.4 Å². The number of hydrogen-bond donors (Lipinski definition) is 1. The third kappa shape index (κ3) is 6.02. The Morgan fingerprint density at radius 2 is 2.10 bits per heavy atom. The number of hydrogen-bond acceptors (Lipinski definition) is 6. The summed E-state index contributed by atoms with van der Waals surface area (Å²) in [7, 11) is 0. The van der Waals surface area contributed by atoms with E-state index in [9.17, 15) is 13.2 Å². The molecule has 4 rings (SSSR count). The lowest BCUT2D eigenvalue weighted by atomic mass is 10.00. The number of aliphatic carboxylic acids is 1. The number of rotatable bonds is 7. The number of alkyl halides is 3. The summed E-state index contributed by atoms with van der Waals surface area (Å²) in [6.07, 6.45) is 2.61. The lowest BCUT2D eigenvalue weighted by molar-refractivity contribution is -0.192. The lowest BCUT2D eigenvalue weighted by Crippen LogP contribution is -2.38. The summed E-state index contributed by atoms with van der Waals surface area (Å²) >= 11 is 1.73. The molecule has 1 fully saturated rings. The fourth-order valence-electron chi connectivity index (χ4n) is 3.37. The number of aromatic nitrogens is 3. The molecule has 7 nitrogen and oxygen atoms in total. The van der Waals surface area contributed by atoms with Crippen molar-refractivity contribution in [2.75, 3.05) is 19.8 Å². The van der Waals surface area contributed by atoms with Crippen LogP contribution < -0.4 is 0 Å². The second-order valence-electron chi connectivity index (χ2n) is 7.32. The average molecular weight is 446 g/mol. The zero-order valence-corrected chi connectivity index (χ0v) is 17.5. The Labute approximate surface area is 176 Å². The van der Waals surface area contributed by atoms with Crippen molar-refractivity contribution in [2.24, 2.45) is 5.92 Å². The second-order valence-corrected chi connectivity index (χ2v) is 8.30. The van der Waals surface area contributed by atoms with Crippen molar-refractivity contribution in [3.8, 4) is 0 Å². The molecule has 3 heterocycles. The molecule has 0 saturated heterocycles. The minimum Gasteiger partial charge on any atom is -0.475 e. The second kappa shape index (κ2) is 9.88. The summed E-state index contributed by atoms with van der Waals surface area (Å²) in [6, 6.07) is 0.295. The molecule has 0 aromatic carbocycles. The van der Waals surface area contributed by atoms with Crippen LogP contribution in [0.2, 0.25) is 0 Å². The Morgan fingerprint density at radius 1 is 1.37 bits per heavy atom. The van der Waals surface area contributed by atoms with Gasteiger partial charge in [0.25, 0.3) is 0 Å². The van der Waals surface area contributed by atoms with Gasteiger partial charge in [0.2, 0.25) is 0 Å². The van der Waals surface area contributed by atoms with Crippen LogP contribution >= 0.6 is 11.3 Å². The van der Waals surface area contributed by atoms with Crippen LogP contribution in [0.5, 0.6) is 0 Å². The molecular weight excluding hydrogens is 421 g/mol. The summed E-state index contributed by atoms with van der Waals surface area (Å²) in [5.74, 6) is -1.95. The van der Waals surface area contributed by atoms with Crippen molar-refractivity contribution in [1.29, 1.82) is 0 Å². The number of carbonyl (C=O) groups is 1. The Morgan fingerprint density at radius 3 is 2.67 bits per heavy atom. The molecule has 11 heteroatoms. The predicted molar refractivity (Wildman–Crippen MR) is 104 cm³/mol. The van der Waals surface area contributed by atoms with Gasteiger partial charge in [-0.25, -0.2) is 9.78 Å². The summed E-state index contributed by atoms with van der Waals surface area (Å²) < 4.78 is 40.0. The first kappa shape index (κ1) is 22.7. The predicted octanol–water partition coefficient (Wildman–Crippen LogP) is 3.52. The zero-order chi connectivity index (χ0) is 21.7. The Balaban J connectivity index is 0.000000318. The smallest absolute Gasteiger partial charge is 0.475 e. The van der Waals surface area contributed by atoms with E-state index < -0.39 is 12.1 Å². The normalized spacial score (nSPS) is 19.1. The van der Waals surface area contributed by atoms with Crippen LogP contribution in [0.15, 0.2) is 17.8 Å². The van der Waals surface area contributed by atoms with Gasteiger partial charge in [-0.05, 0) is 37.7 Å². The quantitative estimate of drug-likeness (QED) is 0.701. The number of ether oxygens (including phenoxy) is 1. The summed E-state index contributed by atoms with van der Waals surface area (Å²) in [6.45, 7) is 6.72. The van der Waals surface area contributed by atoms with Crippen molar-refractivity contribution < 1.29 is 27.8 Å². The summed E-state index contributed by atoms with van der Waals surface area (Å²) in [5.41, 5.74) is 2.74. The first-order chi connectivity index (χ1) is 14.3. The number of carboxylic acid groups (broad SMARTS) is 1. The molecule has 1 N–H and O–H groups in total. The highest BCUT2D eigenvalue weighted by Gasteiger charge is 2.38. The van der Waals surface area contributed by atoms with Crippen LogP contribution in [0.3, 0.4) is 0 Å². The molecule has 30 heavy (non-hydrogen) atoms. The van der Waals surface area contributed by atoms with Crippen LogP contribution in [0.4, 0.5) is 13.2 Å². The minimum absolute atomic E-state index is 0.295. The fraction of sp³-hybridized carbons (Fsp3) is 0.632. The third-order valence-corrected chi connectivity index (χ3v) is 5.84. The molecule has 2 aromatic heterocycles. The summed E-state index contributed by atoms with van der Waals surface area (Å²) in [4.78, 5) is 15.9. The van der Waals surface area contributed by atoms with Gasteiger partial charge in [0.05, 0.1) is 31.1 Å². The number of aryl methyl sites for hydroxylation is 1. The number of nitrogens with zero attached hydrogens (tertiary/aromatic N) is 4. The molecule has 166 valence electrons. The average Bonchev–Trinajstić information content (AvgIpc) is 3.20. The Hall–Kier alpha value is -1.98. The van der Waals surface area contributed by atoms with E-state index in [2.05, 4.69) is 32.0 Å². The molecule has 0 radical (unpaired) electrons. The molecule has 1 atom stereocenters. The van der Waals surface area contributed by atoms with Crippen LogP contribution in [0, 0.1) is 5.92 Å². The molecule has 0 amide bonds. The van der Waals surface area contributed by atoms with Crippen LogP contribution in [0.25, 0.3) is 0 Å². The van der Waals surface area contributed by atoms with Crippen LogP contribution in [-0.4, -0.2) is 56.7 Å². The molecule has 2 aromatic rings. The number of fused-ring (bicyclic) bond motifs is 1. The van der Waals surface area contributed by atoms with Gasteiger partial charge in [0, 0.05) is 31.3 Å². The van der Waals surface area contributed by atoms with E-state index in [-0.39, 0.29) is 0 Å². The molecule has 1 saturated carbocycles. The molecule has 0 bridgehead atoms. The molecular formula is C19H25F3N4O3S. The Kier molecular flexibility index (Phi) is 7.48. The van der Waals surface area contributed by atoms with Crippen molar-refractivity contribution in [3.63, 3.8) is 0 Å². The van der Waals surface area contributed by atoms with E-state index >= 15 is 0 Å². The van der Waals surface area contributed by atoms with E-state index in [1.54, 1.807) is 11.3 Å². The summed E-state index contributed by atoms with van der Waals surface area (Å²) in [5, 5.41) is 14.9. The lowest BCUT2D eigenvalue weighted by Gasteiger charge is -2.35. The van der Waals surface area contributed by atoms with Crippen LogP contribution in [0.1, 0.15) is 42.1 Å². The topological polar surface area (TPSA) is 80.5 Å². The van der Waals surface area contributed by atoms with Crippen molar-refractivity contribution in [3.05, 3.63) is 34.0 Å². The number of halogens is 3. The first-order valence-corrected chi connectivity index (χ1v) is 10.7. The zero-order valence-electron chi connectivity index (χ0n) is 16.6. The van der Waals surface area contributed by atoms with Gasteiger partial charge in [0.1, 0.15) is 5.01 Å². The maximum Gasteiger partial charge on any atom is 0.490 e. The standard InChI is InChI=1S/C17H24N4OS.C2HF3O2/c1-2-21-17-14(9-19-21)5-7-20(10-16-18-6-8-23-16)15(17)12-22-11-13-3-4-13;3-2(4,5)1(6)7/h6,8-9,13,15H,2-5,7,10-12H2,1H3;(H,6,7). The molecule has 1 aliphatic carbocycles. The highest BCUT2D eigenvalue weighted by atomic mass is 32.1. The van der Waals surface area contributed by atoms with Gasteiger partial charge < -0.3 is 9.84 Å². The van der Waals surface area contributed by atoms with Gasteiger partial charge in [-0.2, -0.15) is 18.3 Å². The van der Waals surface area contributed by atoms with Crippen LogP contribution in [-0.2, 0) is 29.0 Å². The van der Waals surface area contributed by atoms with E-state index in [0.29, 0.717) is 6.04 Å². The minimum atomic E-state index is -5.08. The third-order valence-electron chi connectivity index (χ3n) is 5.07. The number of carboxylic acids is 1. The molecule has 1 aliphatic heterocycles. The number of thiazole rings is 1. The van der Waals surface area contributed by atoms with E-state index in [4.69, 9.17) is 14.6 Å².